The highest BCUT2D eigenvalue weighted by molar-refractivity contribution is 6.33. The van der Waals surface area contributed by atoms with Crippen LogP contribution in [0.4, 0.5) is 10.5 Å². The Morgan fingerprint density at radius 2 is 2.00 bits per heavy atom. The van der Waals surface area contributed by atoms with Gasteiger partial charge in [0.15, 0.2) is 6.10 Å². The number of primary amides is 1. The lowest BCUT2D eigenvalue weighted by Crippen LogP contribution is -2.42. The standard InChI is InChI=1S/C11H12ClN3O4/c1-5(9(16)15-11(14)18)19-10(17)7-4-6(13)2-3-8(7)12/h2-5H,13H2,1H3,(H3,14,15,16,18). The molecule has 0 fully saturated rings. The Bertz CT molecular complexity index is 533. The van der Waals surface area contributed by atoms with E-state index in [1.807, 2.05) is 0 Å². The van der Waals surface area contributed by atoms with Crippen molar-refractivity contribution in [1.82, 2.24) is 5.32 Å². The first-order valence-electron chi connectivity index (χ1n) is 5.17. The van der Waals surface area contributed by atoms with Gasteiger partial charge in [-0.25, -0.2) is 9.59 Å². The summed E-state index contributed by atoms with van der Waals surface area (Å²) in [7, 11) is 0. The number of hydrogen-bond acceptors (Lipinski definition) is 5. The Morgan fingerprint density at radius 3 is 2.58 bits per heavy atom. The van der Waals surface area contributed by atoms with Crippen LogP contribution in [0.2, 0.25) is 5.02 Å². The van der Waals surface area contributed by atoms with Crippen molar-refractivity contribution >= 4 is 35.2 Å². The van der Waals surface area contributed by atoms with Crippen molar-refractivity contribution in [2.24, 2.45) is 5.73 Å². The topological polar surface area (TPSA) is 125 Å². The van der Waals surface area contributed by atoms with Gasteiger partial charge in [-0.1, -0.05) is 11.6 Å². The molecule has 0 aliphatic carbocycles. The molecule has 0 bridgehead atoms. The largest absolute Gasteiger partial charge is 0.449 e. The van der Waals surface area contributed by atoms with Crippen LogP contribution in [0.5, 0.6) is 0 Å². The van der Waals surface area contributed by atoms with Gasteiger partial charge in [-0.05, 0) is 25.1 Å². The number of nitrogen functional groups attached to an aromatic ring is 1. The van der Waals surface area contributed by atoms with E-state index in [-0.39, 0.29) is 10.6 Å². The number of hydrogen-bond donors (Lipinski definition) is 3. The van der Waals surface area contributed by atoms with Crippen LogP contribution in [0, 0.1) is 0 Å². The smallest absolute Gasteiger partial charge is 0.340 e. The first-order valence-corrected chi connectivity index (χ1v) is 5.55. The van der Waals surface area contributed by atoms with E-state index in [1.54, 1.807) is 5.32 Å². The lowest BCUT2D eigenvalue weighted by atomic mass is 10.2. The molecule has 0 heterocycles. The van der Waals surface area contributed by atoms with Gasteiger partial charge in [-0.3, -0.25) is 10.1 Å². The number of nitrogens with two attached hydrogens (primary N) is 2. The van der Waals surface area contributed by atoms with E-state index in [2.05, 4.69) is 0 Å². The summed E-state index contributed by atoms with van der Waals surface area (Å²) in [6, 6.07) is 3.24. The minimum atomic E-state index is -1.20. The maximum Gasteiger partial charge on any atom is 0.340 e. The van der Waals surface area contributed by atoms with Gasteiger partial charge in [-0.15, -0.1) is 0 Å². The minimum absolute atomic E-state index is 0.0281. The number of esters is 1. The summed E-state index contributed by atoms with van der Waals surface area (Å²) in [5.74, 6) is -1.66. The summed E-state index contributed by atoms with van der Waals surface area (Å²) in [5, 5.41) is 1.93. The first kappa shape index (κ1) is 14.8. The minimum Gasteiger partial charge on any atom is -0.449 e. The van der Waals surface area contributed by atoms with Crippen molar-refractivity contribution in [3.05, 3.63) is 28.8 Å². The number of nitrogens with one attached hydrogen (secondary N) is 1. The van der Waals surface area contributed by atoms with Gasteiger partial charge in [0, 0.05) is 5.69 Å². The number of rotatable bonds is 3. The van der Waals surface area contributed by atoms with Crippen molar-refractivity contribution in [1.29, 1.82) is 0 Å². The molecule has 1 aromatic rings. The Labute approximate surface area is 113 Å². The number of imide groups is 1. The van der Waals surface area contributed by atoms with Crippen LogP contribution in [0.25, 0.3) is 0 Å². The molecule has 3 amide bonds. The fourth-order valence-corrected chi connectivity index (χ4v) is 1.39. The van der Waals surface area contributed by atoms with E-state index in [1.165, 1.54) is 25.1 Å². The zero-order valence-electron chi connectivity index (χ0n) is 9.98. The van der Waals surface area contributed by atoms with E-state index in [0.717, 1.165) is 0 Å². The van der Waals surface area contributed by atoms with Crippen LogP contribution in [0.1, 0.15) is 17.3 Å². The van der Waals surface area contributed by atoms with E-state index in [4.69, 9.17) is 27.8 Å². The fourth-order valence-electron chi connectivity index (χ4n) is 1.20. The summed E-state index contributed by atoms with van der Waals surface area (Å²) in [6.45, 7) is 1.29. The van der Waals surface area contributed by atoms with E-state index < -0.39 is 24.0 Å². The molecule has 1 unspecified atom stereocenters. The van der Waals surface area contributed by atoms with Gasteiger partial charge in [0.25, 0.3) is 5.91 Å². The molecule has 7 nitrogen and oxygen atoms in total. The third-order valence-electron chi connectivity index (χ3n) is 2.11. The average Bonchev–Trinajstić information content (AvgIpc) is 2.31. The molecule has 8 heteroatoms. The van der Waals surface area contributed by atoms with Gasteiger partial charge >= 0.3 is 12.0 Å². The first-order chi connectivity index (χ1) is 8.81. The van der Waals surface area contributed by atoms with Crippen LogP contribution >= 0.6 is 11.6 Å². The SMILES string of the molecule is CC(OC(=O)c1cc(N)ccc1Cl)C(=O)NC(N)=O. The zero-order valence-corrected chi connectivity index (χ0v) is 10.7. The Kier molecular flexibility index (Phi) is 4.71. The monoisotopic (exact) mass is 285 g/mol. The second kappa shape index (κ2) is 6.05. The molecule has 0 saturated heterocycles. The molecule has 1 aromatic carbocycles. The molecule has 19 heavy (non-hydrogen) atoms. The van der Waals surface area contributed by atoms with Crippen LogP contribution in [-0.4, -0.2) is 24.0 Å². The molecule has 0 aliphatic heterocycles. The molecule has 0 saturated carbocycles. The molecule has 1 atom stereocenters. The lowest BCUT2D eigenvalue weighted by Gasteiger charge is -2.12. The Morgan fingerprint density at radius 1 is 1.37 bits per heavy atom. The highest BCUT2D eigenvalue weighted by Gasteiger charge is 2.21. The van der Waals surface area contributed by atoms with Crippen molar-refractivity contribution in [3.8, 4) is 0 Å². The summed E-state index contributed by atoms with van der Waals surface area (Å²) in [5.41, 5.74) is 10.6. The van der Waals surface area contributed by atoms with E-state index >= 15 is 0 Å². The molecule has 0 aliphatic rings. The number of carbonyl (C=O) groups is 3. The molecular formula is C11H12ClN3O4. The molecule has 102 valence electrons. The maximum atomic E-state index is 11.8. The van der Waals surface area contributed by atoms with Gasteiger partial charge < -0.3 is 16.2 Å². The van der Waals surface area contributed by atoms with Crippen LogP contribution < -0.4 is 16.8 Å². The third kappa shape index (κ3) is 4.14. The molecule has 0 radical (unpaired) electrons. The molecule has 5 N–H and O–H groups in total. The normalized spacial score (nSPS) is 11.5. The Hall–Kier alpha value is -2.28. The molecule has 1 rings (SSSR count). The number of ether oxygens (including phenoxy) is 1. The van der Waals surface area contributed by atoms with Crippen molar-refractivity contribution in [2.45, 2.75) is 13.0 Å². The number of carbonyl (C=O) groups excluding carboxylic acids is 3. The number of halogens is 1. The highest BCUT2D eigenvalue weighted by Crippen LogP contribution is 2.20. The van der Waals surface area contributed by atoms with E-state index in [0.29, 0.717) is 5.69 Å². The number of benzene rings is 1. The zero-order chi connectivity index (χ0) is 14.6. The number of anilines is 1. The predicted octanol–water partition coefficient (Wildman–Crippen LogP) is 0.662. The second-order valence-corrected chi connectivity index (χ2v) is 4.05. The molecular weight excluding hydrogens is 274 g/mol. The number of amides is 3. The van der Waals surface area contributed by atoms with Gasteiger partial charge in [0.05, 0.1) is 10.6 Å². The predicted molar refractivity (Wildman–Crippen MR) is 68.5 cm³/mol. The highest BCUT2D eigenvalue weighted by atomic mass is 35.5. The van der Waals surface area contributed by atoms with Gasteiger partial charge in [-0.2, -0.15) is 0 Å². The molecule has 0 aromatic heterocycles. The van der Waals surface area contributed by atoms with Crippen LogP contribution in [0.15, 0.2) is 18.2 Å². The fraction of sp³-hybridized carbons (Fsp3) is 0.182. The van der Waals surface area contributed by atoms with Crippen molar-refractivity contribution in [2.75, 3.05) is 5.73 Å². The maximum absolute atomic E-state index is 11.8. The second-order valence-electron chi connectivity index (χ2n) is 3.64. The Balaban J connectivity index is 2.77. The summed E-state index contributed by atoms with van der Waals surface area (Å²) >= 11 is 5.81. The lowest BCUT2D eigenvalue weighted by molar-refractivity contribution is -0.127. The number of urea groups is 1. The van der Waals surface area contributed by atoms with Crippen LogP contribution in [-0.2, 0) is 9.53 Å². The van der Waals surface area contributed by atoms with Gasteiger partial charge in [0.1, 0.15) is 0 Å². The summed E-state index contributed by atoms with van der Waals surface area (Å²) < 4.78 is 4.84. The molecule has 0 spiro atoms. The quantitative estimate of drug-likeness (QED) is 0.556. The van der Waals surface area contributed by atoms with Gasteiger partial charge in [0.2, 0.25) is 0 Å². The van der Waals surface area contributed by atoms with E-state index in [9.17, 15) is 14.4 Å². The summed E-state index contributed by atoms with van der Waals surface area (Å²) in [4.78, 5) is 33.6. The average molecular weight is 286 g/mol. The van der Waals surface area contributed by atoms with Crippen molar-refractivity contribution < 1.29 is 19.1 Å². The summed E-state index contributed by atoms with van der Waals surface area (Å²) in [6.07, 6.45) is -1.20. The van der Waals surface area contributed by atoms with Crippen LogP contribution in [0.3, 0.4) is 0 Å². The third-order valence-corrected chi connectivity index (χ3v) is 2.44. The van der Waals surface area contributed by atoms with Crippen molar-refractivity contribution in [3.63, 3.8) is 0 Å².